The molecule has 3 aliphatic rings. The van der Waals surface area contributed by atoms with Gasteiger partial charge in [0.2, 0.25) is 0 Å². The van der Waals surface area contributed by atoms with Crippen LogP contribution in [0.15, 0.2) is 24.3 Å². The van der Waals surface area contributed by atoms with E-state index < -0.39 is 6.10 Å². The fourth-order valence-corrected chi connectivity index (χ4v) is 6.07. The van der Waals surface area contributed by atoms with Gasteiger partial charge < -0.3 is 30.1 Å². The number of aryl methyl sites for hydroxylation is 1. The molecular formula is C29H34FN5O4. The van der Waals surface area contributed by atoms with Crippen LogP contribution in [0.3, 0.4) is 0 Å². The molecule has 3 N–H and O–H groups in total. The lowest BCUT2D eigenvalue weighted by Gasteiger charge is -2.24. The first-order valence-electron chi connectivity index (χ1n) is 13.9. The summed E-state index contributed by atoms with van der Waals surface area (Å²) in [5.74, 6) is -0.0405. The Bertz CT molecular complexity index is 1410. The molecule has 2 atom stereocenters. The Balaban J connectivity index is 1.41. The summed E-state index contributed by atoms with van der Waals surface area (Å²) in [5.41, 5.74) is 1.94. The van der Waals surface area contributed by atoms with Crippen molar-refractivity contribution in [3.05, 3.63) is 46.9 Å². The molecule has 10 heteroatoms. The Morgan fingerprint density at radius 2 is 1.95 bits per heavy atom. The molecule has 2 fully saturated rings. The summed E-state index contributed by atoms with van der Waals surface area (Å²) in [6, 6.07) is 6.34. The Hall–Kier alpha value is -3.50. The third kappa shape index (κ3) is 4.87. The van der Waals surface area contributed by atoms with Crippen LogP contribution in [0.2, 0.25) is 0 Å². The highest BCUT2D eigenvalue weighted by Gasteiger charge is 2.37. The van der Waals surface area contributed by atoms with E-state index >= 15 is 0 Å². The SMILES string of the molecule is CCc1c(F)ccc2cc(O)cc(N3Cc4nc(OC[C@@H]5C[C@@H](O)CN5)nc(N5CCCCCC5)c4C3=O)c12. The Morgan fingerprint density at radius 3 is 2.67 bits per heavy atom. The number of anilines is 2. The van der Waals surface area contributed by atoms with Crippen molar-refractivity contribution in [1.29, 1.82) is 0 Å². The van der Waals surface area contributed by atoms with Gasteiger partial charge in [-0.1, -0.05) is 25.8 Å². The number of benzene rings is 2. The number of hydrogen-bond donors (Lipinski definition) is 3. The lowest BCUT2D eigenvalue weighted by Crippen LogP contribution is -2.30. The van der Waals surface area contributed by atoms with E-state index in [2.05, 4.69) is 15.2 Å². The van der Waals surface area contributed by atoms with Crippen molar-refractivity contribution >= 4 is 28.2 Å². The van der Waals surface area contributed by atoms with E-state index in [4.69, 9.17) is 9.72 Å². The van der Waals surface area contributed by atoms with E-state index in [1.54, 1.807) is 17.0 Å². The molecule has 0 unspecified atom stereocenters. The largest absolute Gasteiger partial charge is 0.508 e. The molecule has 4 heterocycles. The number of aromatic nitrogens is 2. The van der Waals surface area contributed by atoms with Gasteiger partial charge in [0, 0.05) is 37.1 Å². The minimum Gasteiger partial charge on any atom is -0.508 e. The molecule has 0 radical (unpaired) electrons. The van der Waals surface area contributed by atoms with Gasteiger partial charge in [0.1, 0.15) is 29.6 Å². The summed E-state index contributed by atoms with van der Waals surface area (Å²) in [6.45, 7) is 4.44. The number of hydrogen-bond acceptors (Lipinski definition) is 8. The molecule has 2 saturated heterocycles. The minimum atomic E-state index is -0.395. The van der Waals surface area contributed by atoms with Crippen molar-refractivity contribution in [1.82, 2.24) is 15.3 Å². The normalized spacial score (nSPS) is 21.5. The van der Waals surface area contributed by atoms with Crippen molar-refractivity contribution in [3.63, 3.8) is 0 Å². The van der Waals surface area contributed by atoms with E-state index in [-0.39, 0.29) is 36.1 Å². The average molecular weight is 536 g/mol. The number of rotatable bonds is 6. The number of aliphatic hydroxyl groups excluding tert-OH is 1. The van der Waals surface area contributed by atoms with Crippen molar-refractivity contribution in [2.24, 2.45) is 0 Å². The molecule has 6 rings (SSSR count). The molecular weight excluding hydrogens is 501 g/mol. The van der Waals surface area contributed by atoms with Gasteiger partial charge in [-0.2, -0.15) is 9.97 Å². The van der Waals surface area contributed by atoms with Crippen LogP contribution >= 0.6 is 0 Å². The zero-order chi connectivity index (χ0) is 27.1. The standard InChI is InChI=1S/C29H34FN5O4/c1-2-21-22(30)8-7-17-11-19(36)13-24(25(17)21)35-15-23-26(28(35)38)27(34-9-5-3-4-6-10-34)33-29(32-23)39-16-18-12-20(37)14-31-18/h7-8,11,13,18,20,31,36-37H,2-6,9-10,12,14-16H2,1H3/t18-,20+/m0/s1. The van der Waals surface area contributed by atoms with Crippen LogP contribution in [-0.4, -0.2) is 64.5 Å². The van der Waals surface area contributed by atoms with E-state index in [0.29, 0.717) is 65.1 Å². The zero-order valence-electron chi connectivity index (χ0n) is 22.1. The number of phenolic OH excluding ortho intramolecular Hbond substituents is 1. The number of β-amino-alcohol motifs (C(OH)–C–C–N with tert-alkyl or cyclic N) is 1. The van der Waals surface area contributed by atoms with E-state index in [9.17, 15) is 19.4 Å². The van der Waals surface area contributed by atoms with Gasteiger partial charge in [-0.15, -0.1) is 0 Å². The van der Waals surface area contributed by atoms with Gasteiger partial charge in [0.05, 0.1) is 24.0 Å². The van der Waals surface area contributed by atoms with Gasteiger partial charge in [0.25, 0.3) is 5.91 Å². The highest BCUT2D eigenvalue weighted by atomic mass is 19.1. The van der Waals surface area contributed by atoms with Gasteiger partial charge in [-0.05, 0) is 48.8 Å². The van der Waals surface area contributed by atoms with Crippen LogP contribution < -0.4 is 19.9 Å². The maximum Gasteiger partial charge on any atom is 0.318 e. The van der Waals surface area contributed by atoms with Crippen molar-refractivity contribution in [2.75, 3.05) is 36.0 Å². The molecule has 206 valence electrons. The lowest BCUT2D eigenvalue weighted by molar-refractivity contribution is 0.0997. The van der Waals surface area contributed by atoms with Crippen LogP contribution in [0, 0.1) is 5.82 Å². The van der Waals surface area contributed by atoms with Gasteiger partial charge in [-0.25, -0.2) is 4.39 Å². The maximum atomic E-state index is 14.9. The van der Waals surface area contributed by atoms with Gasteiger partial charge >= 0.3 is 6.01 Å². The maximum absolute atomic E-state index is 14.9. The van der Waals surface area contributed by atoms with Crippen molar-refractivity contribution < 1.29 is 24.1 Å². The Labute approximate surface area is 226 Å². The number of ether oxygens (including phenoxy) is 1. The van der Waals surface area contributed by atoms with Gasteiger partial charge in [-0.3, -0.25) is 4.79 Å². The monoisotopic (exact) mass is 535 g/mol. The first-order valence-corrected chi connectivity index (χ1v) is 13.9. The predicted molar refractivity (Wildman–Crippen MR) is 146 cm³/mol. The topological polar surface area (TPSA) is 111 Å². The molecule has 1 amide bonds. The second-order valence-electron chi connectivity index (χ2n) is 10.7. The number of phenols is 1. The van der Waals surface area contributed by atoms with Crippen LogP contribution in [0.25, 0.3) is 10.8 Å². The number of nitrogens with one attached hydrogen (secondary N) is 1. The number of carbonyl (C=O) groups excluding carboxylic acids is 1. The molecule has 0 aliphatic carbocycles. The number of carbonyl (C=O) groups is 1. The van der Waals surface area contributed by atoms with E-state index in [1.165, 1.54) is 12.1 Å². The molecule has 2 aromatic carbocycles. The molecule has 0 spiro atoms. The molecule has 3 aliphatic heterocycles. The molecule has 3 aromatic rings. The number of amides is 1. The van der Waals surface area contributed by atoms with Crippen molar-refractivity contribution in [2.45, 2.75) is 64.1 Å². The predicted octanol–water partition coefficient (Wildman–Crippen LogP) is 3.68. The van der Waals surface area contributed by atoms with Crippen LogP contribution in [0.1, 0.15) is 60.6 Å². The average Bonchev–Trinajstić information content (AvgIpc) is 3.36. The van der Waals surface area contributed by atoms with Crippen LogP contribution in [-0.2, 0) is 13.0 Å². The highest BCUT2D eigenvalue weighted by Crippen LogP contribution is 2.41. The number of fused-ring (bicyclic) bond motifs is 2. The quantitative estimate of drug-likeness (QED) is 0.439. The number of halogens is 1. The molecule has 1 aromatic heterocycles. The van der Waals surface area contributed by atoms with E-state index in [1.807, 2.05) is 6.92 Å². The van der Waals surface area contributed by atoms with Gasteiger partial charge in [0.15, 0.2) is 0 Å². The third-order valence-corrected chi connectivity index (χ3v) is 8.01. The minimum absolute atomic E-state index is 0.00218. The number of aromatic hydroxyl groups is 1. The summed E-state index contributed by atoms with van der Waals surface area (Å²) in [5, 5.41) is 24.9. The Kier molecular flexibility index (Phi) is 6.99. The third-order valence-electron chi connectivity index (χ3n) is 8.01. The zero-order valence-corrected chi connectivity index (χ0v) is 22.1. The second kappa shape index (κ2) is 10.6. The second-order valence-corrected chi connectivity index (χ2v) is 10.7. The summed E-state index contributed by atoms with van der Waals surface area (Å²) in [4.78, 5) is 27.2. The summed E-state index contributed by atoms with van der Waals surface area (Å²) in [6.07, 6.45) is 4.91. The number of nitrogens with zero attached hydrogens (tertiary/aromatic N) is 4. The fraction of sp³-hybridized carbons (Fsp3) is 0.483. The van der Waals surface area contributed by atoms with Crippen molar-refractivity contribution in [3.8, 4) is 11.8 Å². The Morgan fingerprint density at radius 1 is 1.15 bits per heavy atom. The first-order chi connectivity index (χ1) is 18.9. The summed E-state index contributed by atoms with van der Waals surface area (Å²) < 4.78 is 20.9. The molecule has 39 heavy (non-hydrogen) atoms. The fourth-order valence-electron chi connectivity index (χ4n) is 6.07. The lowest BCUT2D eigenvalue weighted by atomic mass is 9.99. The van der Waals surface area contributed by atoms with E-state index in [0.717, 1.165) is 38.8 Å². The summed E-state index contributed by atoms with van der Waals surface area (Å²) in [7, 11) is 0. The molecule has 0 bridgehead atoms. The molecule has 9 nitrogen and oxygen atoms in total. The van der Waals surface area contributed by atoms with Crippen LogP contribution in [0.5, 0.6) is 11.8 Å². The first kappa shape index (κ1) is 25.8. The summed E-state index contributed by atoms with van der Waals surface area (Å²) >= 11 is 0. The number of aliphatic hydroxyl groups is 1. The highest BCUT2D eigenvalue weighted by molar-refractivity contribution is 6.16. The smallest absolute Gasteiger partial charge is 0.318 e. The van der Waals surface area contributed by atoms with Crippen LogP contribution in [0.4, 0.5) is 15.9 Å². The molecule has 0 saturated carbocycles.